The van der Waals surface area contributed by atoms with Gasteiger partial charge >= 0.3 is 0 Å². The first kappa shape index (κ1) is 11.7. The van der Waals surface area contributed by atoms with Crippen LogP contribution in [0.2, 0.25) is 0 Å². The number of fused-ring (bicyclic) bond motifs is 2. The van der Waals surface area contributed by atoms with E-state index in [0.717, 1.165) is 0 Å². The molecule has 3 unspecified atom stereocenters. The molecule has 0 aliphatic heterocycles. The largest absolute Gasteiger partial charge is 0.0838 e. The van der Waals surface area contributed by atoms with E-state index < -0.39 is 0 Å². The summed E-state index contributed by atoms with van der Waals surface area (Å²) < 4.78 is 0. The van der Waals surface area contributed by atoms with Crippen molar-refractivity contribution in [3.05, 3.63) is 90.0 Å². The zero-order valence-corrected chi connectivity index (χ0v) is 11.4. The van der Waals surface area contributed by atoms with E-state index in [9.17, 15) is 0 Å². The highest BCUT2D eigenvalue weighted by Crippen LogP contribution is 2.47. The van der Waals surface area contributed by atoms with Crippen LogP contribution >= 0.6 is 0 Å². The first-order chi connectivity index (χ1) is 9.92. The monoisotopic (exact) mass is 258 g/mol. The van der Waals surface area contributed by atoms with E-state index in [1.54, 1.807) is 0 Å². The molecule has 2 aromatic rings. The van der Waals surface area contributed by atoms with Gasteiger partial charge in [-0.25, -0.2) is 0 Å². The van der Waals surface area contributed by atoms with Gasteiger partial charge in [-0.3, -0.25) is 0 Å². The molecular formula is C20H18. The highest BCUT2D eigenvalue weighted by atomic mass is 14.4. The lowest BCUT2D eigenvalue weighted by molar-refractivity contribution is 0.515. The Balaban J connectivity index is 1.79. The smallest absolute Gasteiger partial charge is 0.00873 e. The van der Waals surface area contributed by atoms with Crippen LogP contribution in [0.1, 0.15) is 23.5 Å². The number of rotatable bonds is 2. The van der Waals surface area contributed by atoms with Gasteiger partial charge < -0.3 is 0 Å². The molecule has 4 rings (SSSR count). The maximum Gasteiger partial charge on any atom is 0.00873 e. The summed E-state index contributed by atoms with van der Waals surface area (Å²) in [5.41, 5.74) is 4.32. The van der Waals surface area contributed by atoms with E-state index in [0.29, 0.717) is 17.8 Å². The maximum atomic E-state index is 2.50. The SMILES string of the molecule is C1=CC2CC1C(c1ccccc1)=CC2c1ccccc1. The third kappa shape index (κ3) is 1.92. The van der Waals surface area contributed by atoms with Gasteiger partial charge in [-0.05, 0) is 29.0 Å². The number of hydrogen-bond acceptors (Lipinski definition) is 0. The Morgan fingerprint density at radius 3 is 2.20 bits per heavy atom. The Labute approximate surface area is 120 Å². The standard InChI is InChI=1S/C20H18/c1-3-7-15(8-4-1)19-14-20(16-9-5-2-6-10-16)18-12-11-17(19)13-18/h1-12,14,17-19H,13H2. The third-order valence-electron chi connectivity index (χ3n) is 4.63. The van der Waals surface area contributed by atoms with Crippen LogP contribution in [-0.4, -0.2) is 0 Å². The third-order valence-corrected chi connectivity index (χ3v) is 4.63. The summed E-state index contributed by atoms with van der Waals surface area (Å²) in [4.78, 5) is 0. The highest BCUT2D eigenvalue weighted by molar-refractivity contribution is 5.72. The first-order valence-corrected chi connectivity index (χ1v) is 7.42. The van der Waals surface area contributed by atoms with E-state index in [4.69, 9.17) is 0 Å². The van der Waals surface area contributed by atoms with Crippen LogP contribution in [0.3, 0.4) is 0 Å². The van der Waals surface area contributed by atoms with Crippen LogP contribution in [0.25, 0.3) is 5.57 Å². The summed E-state index contributed by atoms with van der Waals surface area (Å²) in [6.45, 7) is 0. The van der Waals surface area contributed by atoms with Crippen LogP contribution in [0.15, 0.2) is 78.9 Å². The quantitative estimate of drug-likeness (QED) is 0.660. The van der Waals surface area contributed by atoms with Crippen molar-refractivity contribution in [2.75, 3.05) is 0 Å². The van der Waals surface area contributed by atoms with Gasteiger partial charge in [0.1, 0.15) is 0 Å². The van der Waals surface area contributed by atoms with Crippen molar-refractivity contribution in [2.24, 2.45) is 11.8 Å². The average molecular weight is 258 g/mol. The van der Waals surface area contributed by atoms with E-state index >= 15 is 0 Å². The summed E-state index contributed by atoms with van der Waals surface area (Å²) in [6, 6.07) is 21.8. The summed E-state index contributed by atoms with van der Waals surface area (Å²) in [6.07, 6.45) is 8.60. The fourth-order valence-corrected chi connectivity index (χ4v) is 3.62. The van der Waals surface area contributed by atoms with Crippen molar-refractivity contribution in [2.45, 2.75) is 12.3 Å². The van der Waals surface area contributed by atoms with E-state index in [2.05, 4.69) is 78.9 Å². The van der Waals surface area contributed by atoms with E-state index in [1.165, 1.54) is 23.1 Å². The molecule has 0 N–H and O–H groups in total. The molecule has 2 aliphatic rings. The van der Waals surface area contributed by atoms with Gasteiger partial charge in [0.15, 0.2) is 0 Å². The minimum absolute atomic E-state index is 0.529. The van der Waals surface area contributed by atoms with Gasteiger partial charge in [0.25, 0.3) is 0 Å². The Kier molecular flexibility index (Phi) is 2.81. The predicted octanol–water partition coefficient (Wildman–Crippen LogP) is 5.06. The minimum Gasteiger partial charge on any atom is -0.0838 e. The zero-order valence-electron chi connectivity index (χ0n) is 11.4. The molecule has 0 saturated heterocycles. The fourth-order valence-electron chi connectivity index (χ4n) is 3.62. The second kappa shape index (κ2) is 4.79. The Bertz CT molecular complexity index is 649. The average Bonchev–Trinajstić information content (AvgIpc) is 2.93. The van der Waals surface area contributed by atoms with Crippen molar-refractivity contribution in [3.8, 4) is 0 Å². The van der Waals surface area contributed by atoms with Gasteiger partial charge in [0.05, 0.1) is 0 Å². The van der Waals surface area contributed by atoms with Crippen molar-refractivity contribution < 1.29 is 0 Å². The van der Waals surface area contributed by atoms with Crippen LogP contribution < -0.4 is 0 Å². The molecule has 3 atom stereocenters. The molecule has 0 radical (unpaired) electrons. The van der Waals surface area contributed by atoms with Gasteiger partial charge in [-0.15, -0.1) is 0 Å². The van der Waals surface area contributed by atoms with Crippen molar-refractivity contribution in [1.29, 1.82) is 0 Å². The van der Waals surface area contributed by atoms with Gasteiger partial charge in [0.2, 0.25) is 0 Å². The molecule has 2 aliphatic carbocycles. The second-order valence-electron chi connectivity index (χ2n) is 5.82. The number of allylic oxidation sites excluding steroid dienone is 4. The second-order valence-corrected chi connectivity index (χ2v) is 5.82. The Morgan fingerprint density at radius 2 is 1.45 bits per heavy atom. The molecule has 0 fully saturated rings. The van der Waals surface area contributed by atoms with Gasteiger partial charge in [0, 0.05) is 11.8 Å². The summed E-state index contributed by atoms with van der Waals surface area (Å²) in [5, 5.41) is 0. The molecule has 0 heterocycles. The molecule has 0 spiro atoms. The summed E-state index contributed by atoms with van der Waals surface area (Å²) >= 11 is 0. The Hall–Kier alpha value is -2.08. The lowest BCUT2D eigenvalue weighted by atomic mass is 9.75. The molecule has 20 heavy (non-hydrogen) atoms. The highest BCUT2D eigenvalue weighted by Gasteiger charge is 2.33. The number of hydrogen-bond donors (Lipinski definition) is 0. The van der Waals surface area contributed by atoms with Crippen LogP contribution in [0, 0.1) is 11.8 Å². The van der Waals surface area contributed by atoms with E-state index in [1.807, 2.05) is 0 Å². The van der Waals surface area contributed by atoms with Crippen molar-refractivity contribution >= 4 is 5.57 Å². The molecule has 0 nitrogen and oxygen atoms in total. The molecule has 0 heteroatoms. The maximum absolute atomic E-state index is 2.50. The van der Waals surface area contributed by atoms with Crippen LogP contribution in [-0.2, 0) is 0 Å². The van der Waals surface area contributed by atoms with E-state index in [-0.39, 0.29) is 0 Å². The van der Waals surface area contributed by atoms with Crippen LogP contribution in [0.5, 0.6) is 0 Å². The zero-order chi connectivity index (χ0) is 13.4. The molecule has 0 amide bonds. The topological polar surface area (TPSA) is 0 Å². The number of benzene rings is 2. The lowest BCUT2D eigenvalue weighted by Gasteiger charge is -2.29. The first-order valence-electron chi connectivity index (χ1n) is 7.42. The van der Waals surface area contributed by atoms with Gasteiger partial charge in [-0.2, -0.15) is 0 Å². The Morgan fingerprint density at radius 1 is 0.750 bits per heavy atom. The molecular weight excluding hydrogens is 240 g/mol. The predicted molar refractivity (Wildman–Crippen MR) is 84.3 cm³/mol. The molecule has 2 aromatic carbocycles. The molecule has 0 saturated carbocycles. The fraction of sp³-hybridized carbons (Fsp3) is 0.200. The minimum atomic E-state index is 0.529. The summed E-state index contributed by atoms with van der Waals surface area (Å²) in [7, 11) is 0. The molecule has 98 valence electrons. The normalized spacial score (nSPS) is 27.4. The van der Waals surface area contributed by atoms with Crippen molar-refractivity contribution in [3.63, 3.8) is 0 Å². The van der Waals surface area contributed by atoms with Gasteiger partial charge in [-0.1, -0.05) is 78.9 Å². The lowest BCUT2D eigenvalue weighted by Crippen LogP contribution is -2.15. The molecule has 2 bridgehead atoms. The summed E-state index contributed by atoms with van der Waals surface area (Å²) in [5.74, 6) is 1.82. The molecule has 0 aromatic heterocycles. The van der Waals surface area contributed by atoms with Crippen LogP contribution in [0.4, 0.5) is 0 Å². The van der Waals surface area contributed by atoms with Crippen molar-refractivity contribution in [1.82, 2.24) is 0 Å².